The van der Waals surface area contributed by atoms with Crippen molar-refractivity contribution in [3.63, 3.8) is 0 Å². The minimum Gasteiger partial charge on any atom is -0.493 e. The molecule has 3 rings (SSSR count). The zero-order chi connectivity index (χ0) is 20.9. The van der Waals surface area contributed by atoms with E-state index in [1.165, 1.54) is 11.1 Å². The smallest absolute Gasteiger partial charge is 0.309 e. The summed E-state index contributed by atoms with van der Waals surface area (Å²) in [5, 5.41) is 0. The van der Waals surface area contributed by atoms with E-state index in [2.05, 4.69) is 26.8 Å². The lowest BCUT2D eigenvalue weighted by Crippen LogP contribution is -2.38. The van der Waals surface area contributed by atoms with Gasteiger partial charge in [-0.25, -0.2) is 0 Å². The summed E-state index contributed by atoms with van der Waals surface area (Å²) in [7, 11) is 0. The first-order valence-corrected chi connectivity index (χ1v) is 10.1. The second-order valence-electron chi connectivity index (χ2n) is 8.37. The quantitative estimate of drug-likeness (QED) is 0.697. The van der Waals surface area contributed by atoms with Crippen LogP contribution in [0.15, 0.2) is 48.5 Å². The first-order chi connectivity index (χ1) is 13.8. The summed E-state index contributed by atoms with van der Waals surface area (Å²) in [4.78, 5) is 26.0. The molecule has 1 aliphatic rings. The molecule has 0 N–H and O–H groups in total. The SMILES string of the molecule is CC(C)(C)c1ccc(OCCC(=O)OCC(=O)N2CCc3ccccc3C2)cc1. The van der Waals surface area contributed by atoms with Crippen molar-refractivity contribution in [2.24, 2.45) is 0 Å². The van der Waals surface area contributed by atoms with Crippen molar-refractivity contribution in [3.05, 3.63) is 65.2 Å². The van der Waals surface area contributed by atoms with Crippen LogP contribution >= 0.6 is 0 Å². The number of ether oxygens (including phenoxy) is 2. The number of amides is 1. The van der Waals surface area contributed by atoms with Crippen molar-refractivity contribution in [2.45, 2.75) is 45.6 Å². The highest BCUT2D eigenvalue weighted by Gasteiger charge is 2.21. The van der Waals surface area contributed by atoms with Crippen molar-refractivity contribution < 1.29 is 19.1 Å². The van der Waals surface area contributed by atoms with Gasteiger partial charge >= 0.3 is 5.97 Å². The number of nitrogens with zero attached hydrogens (tertiary/aromatic N) is 1. The maximum atomic E-state index is 12.3. The molecule has 0 saturated heterocycles. The Balaban J connectivity index is 1.37. The van der Waals surface area contributed by atoms with Crippen LogP contribution in [0.4, 0.5) is 0 Å². The molecular weight excluding hydrogens is 366 g/mol. The van der Waals surface area contributed by atoms with Crippen LogP contribution in [0.1, 0.15) is 43.9 Å². The molecule has 5 heteroatoms. The van der Waals surface area contributed by atoms with E-state index in [4.69, 9.17) is 9.47 Å². The Bertz CT molecular complexity index is 852. The van der Waals surface area contributed by atoms with Gasteiger partial charge in [0.05, 0.1) is 13.0 Å². The topological polar surface area (TPSA) is 55.8 Å². The van der Waals surface area contributed by atoms with Gasteiger partial charge in [-0.05, 0) is 40.7 Å². The van der Waals surface area contributed by atoms with Crippen LogP contribution in [-0.2, 0) is 32.7 Å². The molecule has 154 valence electrons. The lowest BCUT2D eigenvalue weighted by Gasteiger charge is -2.28. The number of rotatable bonds is 6. The normalized spacial score (nSPS) is 13.6. The number of carbonyl (C=O) groups excluding carboxylic acids is 2. The minimum absolute atomic E-state index is 0.0886. The Labute approximate surface area is 172 Å². The predicted molar refractivity (Wildman–Crippen MR) is 112 cm³/mol. The van der Waals surface area contributed by atoms with Gasteiger partial charge in [0.15, 0.2) is 6.61 Å². The summed E-state index contributed by atoms with van der Waals surface area (Å²) >= 11 is 0. The van der Waals surface area contributed by atoms with E-state index in [0.29, 0.717) is 18.8 Å². The van der Waals surface area contributed by atoms with E-state index >= 15 is 0 Å². The third-order valence-corrected chi connectivity index (χ3v) is 5.14. The van der Waals surface area contributed by atoms with Gasteiger partial charge in [0.25, 0.3) is 5.91 Å². The van der Waals surface area contributed by atoms with Gasteiger partial charge in [-0.3, -0.25) is 9.59 Å². The molecule has 1 amide bonds. The van der Waals surface area contributed by atoms with Gasteiger partial charge in [-0.1, -0.05) is 57.2 Å². The maximum absolute atomic E-state index is 12.3. The number of hydrogen-bond donors (Lipinski definition) is 0. The van der Waals surface area contributed by atoms with Gasteiger partial charge < -0.3 is 14.4 Å². The van der Waals surface area contributed by atoms with Crippen molar-refractivity contribution in [1.29, 1.82) is 0 Å². The Morgan fingerprint density at radius 1 is 1.00 bits per heavy atom. The Morgan fingerprint density at radius 2 is 1.69 bits per heavy atom. The predicted octanol–water partition coefficient (Wildman–Crippen LogP) is 3.88. The average molecular weight is 395 g/mol. The minimum atomic E-state index is -0.429. The Morgan fingerprint density at radius 3 is 2.38 bits per heavy atom. The van der Waals surface area contributed by atoms with Crippen LogP contribution in [0, 0.1) is 0 Å². The summed E-state index contributed by atoms with van der Waals surface area (Å²) in [5.74, 6) is 0.127. The molecule has 0 aromatic heterocycles. The molecule has 0 fully saturated rings. The van der Waals surface area contributed by atoms with Crippen LogP contribution < -0.4 is 4.74 Å². The van der Waals surface area contributed by atoms with Gasteiger partial charge in [-0.2, -0.15) is 0 Å². The summed E-state index contributed by atoms with van der Waals surface area (Å²) in [5.41, 5.74) is 3.75. The lowest BCUT2D eigenvalue weighted by molar-refractivity contribution is -0.152. The standard InChI is InChI=1S/C24H29NO4/c1-24(2,3)20-8-10-21(11-9-20)28-15-13-23(27)29-17-22(26)25-14-12-18-6-4-5-7-19(18)16-25/h4-11H,12-17H2,1-3H3. The maximum Gasteiger partial charge on any atom is 0.309 e. The van der Waals surface area contributed by atoms with Crippen molar-refractivity contribution in [3.8, 4) is 5.75 Å². The van der Waals surface area contributed by atoms with E-state index < -0.39 is 5.97 Å². The molecule has 0 spiro atoms. The highest BCUT2D eigenvalue weighted by Crippen LogP contribution is 2.24. The van der Waals surface area contributed by atoms with E-state index in [9.17, 15) is 9.59 Å². The molecule has 5 nitrogen and oxygen atoms in total. The van der Waals surface area contributed by atoms with Gasteiger partial charge in [0, 0.05) is 13.1 Å². The van der Waals surface area contributed by atoms with Crippen molar-refractivity contribution in [1.82, 2.24) is 4.90 Å². The highest BCUT2D eigenvalue weighted by atomic mass is 16.5. The second kappa shape index (κ2) is 9.12. The lowest BCUT2D eigenvalue weighted by atomic mass is 9.87. The third-order valence-electron chi connectivity index (χ3n) is 5.14. The summed E-state index contributed by atoms with van der Waals surface area (Å²) in [6.45, 7) is 7.69. The molecule has 2 aromatic rings. The van der Waals surface area contributed by atoms with Crippen LogP contribution in [0.5, 0.6) is 5.75 Å². The number of fused-ring (bicyclic) bond motifs is 1. The van der Waals surface area contributed by atoms with Crippen LogP contribution in [-0.4, -0.2) is 36.5 Å². The van der Waals surface area contributed by atoms with Gasteiger partial charge in [-0.15, -0.1) is 0 Å². The summed E-state index contributed by atoms with van der Waals surface area (Å²) in [6.07, 6.45) is 0.939. The van der Waals surface area contributed by atoms with E-state index in [1.807, 2.05) is 42.5 Å². The fourth-order valence-corrected chi connectivity index (χ4v) is 3.32. The molecule has 0 saturated carbocycles. The van der Waals surface area contributed by atoms with Gasteiger partial charge in [0.2, 0.25) is 0 Å². The van der Waals surface area contributed by atoms with E-state index in [1.54, 1.807) is 4.90 Å². The molecular formula is C24H29NO4. The fraction of sp³-hybridized carbons (Fsp3) is 0.417. The number of hydrogen-bond acceptors (Lipinski definition) is 4. The zero-order valence-corrected chi connectivity index (χ0v) is 17.4. The Kier molecular flexibility index (Phi) is 6.57. The molecule has 29 heavy (non-hydrogen) atoms. The van der Waals surface area contributed by atoms with E-state index in [0.717, 1.165) is 12.0 Å². The van der Waals surface area contributed by atoms with Crippen LogP contribution in [0.2, 0.25) is 0 Å². The zero-order valence-electron chi connectivity index (χ0n) is 17.4. The van der Waals surface area contributed by atoms with Gasteiger partial charge in [0.1, 0.15) is 5.75 Å². The van der Waals surface area contributed by atoms with Crippen LogP contribution in [0.3, 0.4) is 0 Å². The monoisotopic (exact) mass is 395 g/mol. The van der Waals surface area contributed by atoms with E-state index in [-0.39, 0.29) is 31.0 Å². The number of carbonyl (C=O) groups is 2. The second-order valence-corrected chi connectivity index (χ2v) is 8.37. The molecule has 1 heterocycles. The summed E-state index contributed by atoms with van der Waals surface area (Å²) < 4.78 is 10.7. The Hall–Kier alpha value is -2.82. The molecule has 2 aromatic carbocycles. The average Bonchev–Trinajstić information content (AvgIpc) is 2.71. The number of esters is 1. The largest absolute Gasteiger partial charge is 0.493 e. The molecule has 0 unspecified atom stereocenters. The molecule has 0 bridgehead atoms. The molecule has 1 aliphatic heterocycles. The van der Waals surface area contributed by atoms with Crippen molar-refractivity contribution >= 4 is 11.9 Å². The van der Waals surface area contributed by atoms with Crippen molar-refractivity contribution in [2.75, 3.05) is 19.8 Å². The highest BCUT2D eigenvalue weighted by molar-refractivity contribution is 5.81. The summed E-state index contributed by atoms with van der Waals surface area (Å²) in [6, 6.07) is 16.0. The molecule has 0 aliphatic carbocycles. The van der Waals surface area contributed by atoms with Crippen LogP contribution in [0.25, 0.3) is 0 Å². The fourth-order valence-electron chi connectivity index (χ4n) is 3.32. The molecule has 0 atom stereocenters. The number of benzene rings is 2. The third kappa shape index (κ3) is 5.83. The first-order valence-electron chi connectivity index (χ1n) is 10.1. The first kappa shape index (κ1) is 20.9. The molecule has 0 radical (unpaired) electrons.